The third-order valence-corrected chi connectivity index (χ3v) is 3.54. The summed E-state index contributed by atoms with van der Waals surface area (Å²) in [5.41, 5.74) is 2.88. The number of carbonyl (C=O) groups excluding carboxylic acids is 1. The van der Waals surface area contributed by atoms with Crippen molar-refractivity contribution in [3.05, 3.63) is 83.9 Å². The summed E-state index contributed by atoms with van der Waals surface area (Å²) < 4.78 is 13.7. The van der Waals surface area contributed by atoms with E-state index in [2.05, 4.69) is 15.6 Å². The Labute approximate surface area is 139 Å². The smallest absolute Gasteiger partial charge is 0.274 e. The van der Waals surface area contributed by atoms with Crippen LogP contribution in [0.15, 0.2) is 66.9 Å². The fraction of sp³-hybridized carbons (Fsp3) is 0.0526. The highest BCUT2D eigenvalue weighted by Crippen LogP contribution is 2.20. The van der Waals surface area contributed by atoms with Gasteiger partial charge in [-0.25, -0.2) is 4.39 Å². The number of amides is 1. The number of aryl methyl sites for hydroxylation is 1. The number of carbonyl (C=O) groups is 1. The second kappa shape index (κ2) is 6.91. The van der Waals surface area contributed by atoms with E-state index in [9.17, 15) is 9.18 Å². The van der Waals surface area contributed by atoms with Crippen LogP contribution in [0.3, 0.4) is 0 Å². The van der Waals surface area contributed by atoms with Gasteiger partial charge in [0, 0.05) is 17.6 Å². The van der Waals surface area contributed by atoms with Gasteiger partial charge in [-0.3, -0.25) is 9.78 Å². The average molecular weight is 321 g/mol. The van der Waals surface area contributed by atoms with Crippen LogP contribution in [-0.2, 0) is 0 Å². The molecule has 0 radical (unpaired) electrons. The predicted molar refractivity (Wildman–Crippen MR) is 93.1 cm³/mol. The van der Waals surface area contributed by atoms with Crippen LogP contribution < -0.4 is 10.6 Å². The average Bonchev–Trinajstić information content (AvgIpc) is 2.59. The zero-order valence-corrected chi connectivity index (χ0v) is 13.1. The first-order valence-electron chi connectivity index (χ1n) is 7.48. The highest BCUT2D eigenvalue weighted by Gasteiger charge is 2.10. The molecule has 120 valence electrons. The molecule has 0 fully saturated rings. The maximum atomic E-state index is 13.7. The van der Waals surface area contributed by atoms with Gasteiger partial charge in [0.1, 0.15) is 11.5 Å². The molecule has 0 bridgehead atoms. The number of nitrogens with zero attached hydrogens (tertiary/aromatic N) is 1. The second-order valence-corrected chi connectivity index (χ2v) is 5.30. The van der Waals surface area contributed by atoms with Gasteiger partial charge < -0.3 is 10.6 Å². The molecule has 0 unspecified atom stereocenters. The van der Waals surface area contributed by atoms with Crippen molar-refractivity contribution in [1.29, 1.82) is 0 Å². The lowest BCUT2D eigenvalue weighted by Crippen LogP contribution is -2.14. The van der Waals surface area contributed by atoms with Gasteiger partial charge in [-0.05, 0) is 42.8 Å². The van der Waals surface area contributed by atoms with Crippen molar-refractivity contribution in [3.8, 4) is 0 Å². The van der Waals surface area contributed by atoms with Crippen molar-refractivity contribution in [3.63, 3.8) is 0 Å². The van der Waals surface area contributed by atoms with E-state index in [1.54, 1.807) is 30.3 Å². The Bertz CT molecular complexity index is 880. The van der Waals surface area contributed by atoms with Gasteiger partial charge in [0.05, 0.1) is 5.69 Å². The Morgan fingerprint density at radius 2 is 1.71 bits per heavy atom. The van der Waals surface area contributed by atoms with Crippen molar-refractivity contribution < 1.29 is 9.18 Å². The summed E-state index contributed by atoms with van der Waals surface area (Å²) in [6, 6.07) is 17.1. The molecular formula is C19H16FN3O. The Hall–Kier alpha value is -3.21. The molecule has 0 atom stereocenters. The summed E-state index contributed by atoms with van der Waals surface area (Å²) in [5.74, 6) is -0.679. The first kappa shape index (κ1) is 15.7. The van der Waals surface area contributed by atoms with Crippen LogP contribution >= 0.6 is 0 Å². The maximum Gasteiger partial charge on any atom is 0.274 e. The summed E-state index contributed by atoms with van der Waals surface area (Å²) in [4.78, 5) is 16.4. The summed E-state index contributed by atoms with van der Waals surface area (Å²) in [6.07, 6.45) is 1.51. The summed E-state index contributed by atoms with van der Waals surface area (Å²) >= 11 is 0. The fourth-order valence-electron chi connectivity index (χ4n) is 2.25. The molecule has 0 saturated carbocycles. The van der Waals surface area contributed by atoms with E-state index in [1.165, 1.54) is 12.3 Å². The second-order valence-electron chi connectivity index (χ2n) is 5.30. The Kier molecular flexibility index (Phi) is 4.52. The van der Waals surface area contributed by atoms with Crippen LogP contribution in [0.5, 0.6) is 0 Å². The van der Waals surface area contributed by atoms with Gasteiger partial charge >= 0.3 is 0 Å². The summed E-state index contributed by atoms with van der Waals surface area (Å²) in [5, 5.41) is 5.77. The normalized spacial score (nSPS) is 10.2. The van der Waals surface area contributed by atoms with Crippen LogP contribution in [0.4, 0.5) is 21.5 Å². The Morgan fingerprint density at radius 1 is 1.00 bits per heavy atom. The molecule has 5 heteroatoms. The summed E-state index contributed by atoms with van der Waals surface area (Å²) in [6.45, 7) is 1.92. The first-order valence-corrected chi connectivity index (χ1v) is 7.48. The van der Waals surface area contributed by atoms with Gasteiger partial charge in [-0.1, -0.05) is 30.3 Å². The standard InChI is InChI=1S/C19H16FN3O/c1-13-6-2-4-8-16(13)23-19(24)18-12-14(10-11-21-18)22-17-9-5-3-7-15(17)20/h2-12H,1H3,(H,21,22)(H,23,24). The van der Waals surface area contributed by atoms with Crippen molar-refractivity contribution in [2.45, 2.75) is 6.92 Å². The minimum atomic E-state index is -0.361. The molecule has 3 rings (SSSR count). The molecule has 0 aliphatic heterocycles. The van der Waals surface area contributed by atoms with Gasteiger partial charge in [-0.15, -0.1) is 0 Å². The lowest BCUT2D eigenvalue weighted by Gasteiger charge is -2.10. The number of halogens is 1. The van der Waals surface area contributed by atoms with Crippen LogP contribution in [0.1, 0.15) is 16.1 Å². The van der Waals surface area contributed by atoms with E-state index in [0.29, 0.717) is 11.4 Å². The highest BCUT2D eigenvalue weighted by atomic mass is 19.1. The topological polar surface area (TPSA) is 54.0 Å². The number of benzene rings is 2. The van der Waals surface area contributed by atoms with E-state index >= 15 is 0 Å². The van der Waals surface area contributed by atoms with Gasteiger partial charge in [0.2, 0.25) is 0 Å². The molecule has 0 aliphatic carbocycles. The number of pyridine rings is 1. The van der Waals surface area contributed by atoms with Crippen molar-refractivity contribution in [2.24, 2.45) is 0 Å². The van der Waals surface area contributed by atoms with Crippen LogP contribution in [0.2, 0.25) is 0 Å². The minimum Gasteiger partial charge on any atom is -0.353 e. The maximum absolute atomic E-state index is 13.7. The molecule has 3 aromatic rings. The third kappa shape index (κ3) is 3.57. The molecule has 2 N–H and O–H groups in total. The number of nitrogens with one attached hydrogen (secondary N) is 2. The van der Waals surface area contributed by atoms with Crippen molar-refractivity contribution in [2.75, 3.05) is 10.6 Å². The van der Waals surface area contributed by atoms with Gasteiger partial charge in [0.15, 0.2) is 0 Å². The van der Waals surface area contributed by atoms with E-state index in [0.717, 1.165) is 11.3 Å². The molecule has 1 amide bonds. The Morgan fingerprint density at radius 3 is 2.46 bits per heavy atom. The fourth-order valence-corrected chi connectivity index (χ4v) is 2.25. The van der Waals surface area contributed by atoms with E-state index in [4.69, 9.17) is 0 Å². The van der Waals surface area contributed by atoms with Crippen LogP contribution in [0.25, 0.3) is 0 Å². The van der Waals surface area contributed by atoms with Crippen LogP contribution in [-0.4, -0.2) is 10.9 Å². The molecule has 24 heavy (non-hydrogen) atoms. The minimum absolute atomic E-state index is 0.250. The number of aromatic nitrogens is 1. The number of anilines is 3. The molecule has 0 aliphatic rings. The molecule has 0 spiro atoms. The molecule has 4 nitrogen and oxygen atoms in total. The molecule has 0 saturated heterocycles. The predicted octanol–water partition coefficient (Wildman–Crippen LogP) is 4.53. The monoisotopic (exact) mass is 321 g/mol. The molecule has 2 aromatic carbocycles. The number of para-hydroxylation sites is 2. The first-order chi connectivity index (χ1) is 11.6. The molecule has 1 heterocycles. The number of rotatable bonds is 4. The Balaban J connectivity index is 1.79. The molecular weight excluding hydrogens is 305 g/mol. The van der Waals surface area contributed by atoms with E-state index in [1.807, 2.05) is 31.2 Å². The van der Waals surface area contributed by atoms with E-state index in [-0.39, 0.29) is 17.4 Å². The zero-order chi connectivity index (χ0) is 16.9. The van der Waals surface area contributed by atoms with Crippen molar-refractivity contribution >= 4 is 23.0 Å². The van der Waals surface area contributed by atoms with Gasteiger partial charge in [0.25, 0.3) is 5.91 Å². The van der Waals surface area contributed by atoms with Crippen molar-refractivity contribution in [1.82, 2.24) is 4.98 Å². The summed E-state index contributed by atoms with van der Waals surface area (Å²) in [7, 11) is 0. The lowest BCUT2D eigenvalue weighted by molar-refractivity contribution is 0.102. The number of hydrogen-bond acceptors (Lipinski definition) is 3. The highest BCUT2D eigenvalue weighted by molar-refractivity contribution is 6.03. The van der Waals surface area contributed by atoms with Crippen LogP contribution in [0, 0.1) is 12.7 Å². The van der Waals surface area contributed by atoms with E-state index < -0.39 is 0 Å². The zero-order valence-electron chi connectivity index (χ0n) is 13.1. The lowest BCUT2D eigenvalue weighted by atomic mass is 10.2. The quantitative estimate of drug-likeness (QED) is 0.742. The molecule has 1 aromatic heterocycles. The third-order valence-electron chi connectivity index (χ3n) is 3.54. The SMILES string of the molecule is Cc1ccccc1NC(=O)c1cc(Nc2ccccc2F)ccn1. The number of hydrogen-bond donors (Lipinski definition) is 2. The largest absolute Gasteiger partial charge is 0.353 e. The van der Waals surface area contributed by atoms with Gasteiger partial charge in [-0.2, -0.15) is 0 Å².